The minimum Gasteiger partial charge on any atom is -0.478 e. The molecule has 0 bridgehead atoms. The van der Waals surface area contributed by atoms with Gasteiger partial charge in [0, 0.05) is 14.1 Å². The van der Waals surface area contributed by atoms with Gasteiger partial charge in [-0.2, -0.15) is 0 Å². The Morgan fingerprint density at radius 2 is 1.48 bits per heavy atom. The normalized spacial score (nSPS) is 12.7. The Morgan fingerprint density at radius 1 is 0.952 bits per heavy atom. The first-order valence-electron chi connectivity index (χ1n) is 6.64. The van der Waals surface area contributed by atoms with Gasteiger partial charge >= 0.3 is 5.97 Å². The van der Waals surface area contributed by atoms with Crippen molar-refractivity contribution in [3.63, 3.8) is 0 Å². The molecule has 0 amide bonds. The van der Waals surface area contributed by atoms with Crippen molar-refractivity contribution in [2.24, 2.45) is 0 Å². The lowest BCUT2D eigenvalue weighted by atomic mass is 10.0. The van der Waals surface area contributed by atoms with Crippen molar-refractivity contribution >= 4 is 34.3 Å². The maximum absolute atomic E-state index is 11.1. The van der Waals surface area contributed by atoms with Gasteiger partial charge in [0.25, 0.3) is 0 Å². The second-order valence-electron chi connectivity index (χ2n) is 5.09. The van der Waals surface area contributed by atoms with E-state index in [1.807, 2.05) is 44.4 Å². The maximum atomic E-state index is 11.1. The Morgan fingerprint density at radius 3 is 2.05 bits per heavy atom. The fourth-order valence-corrected chi connectivity index (χ4v) is 2.68. The summed E-state index contributed by atoms with van der Waals surface area (Å²) in [6.07, 6.45) is 0. The highest BCUT2D eigenvalue weighted by molar-refractivity contribution is 6.15. The molecule has 0 unspecified atom stereocenters. The summed E-state index contributed by atoms with van der Waals surface area (Å²) in [5.41, 5.74) is 4.95. The molecule has 4 heteroatoms. The van der Waals surface area contributed by atoms with Gasteiger partial charge < -0.3 is 14.9 Å². The van der Waals surface area contributed by atoms with E-state index in [-0.39, 0.29) is 5.57 Å². The predicted molar refractivity (Wildman–Crippen MR) is 85.7 cm³/mol. The van der Waals surface area contributed by atoms with Crippen LogP contribution < -0.4 is 9.80 Å². The molecule has 0 radical (unpaired) electrons. The van der Waals surface area contributed by atoms with Gasteiger partial charge in [-0.15, -0.1) is 0 Å². The van der Waals surface area contributed by atoms with E-state index >= 15 is 0 Å². The molecule has 0 saturated heterocycles. The molecule has 0 saturated carbocycles. The second kappa shape index (κ2) is 4.66. The van der Waals surface area contributed by atoms with Crippen LogP contribution in [0.25, 0.3) is 5.57 Å². The van der Waals surface area contributed by atoms with Crippen molar-refractivity contribution in [2.75, 3.05) is 23.9 Å². The average molecular weight is 280 g/mol. The van der Waals surface area contributed by atoms with Gasteiger partial charge in [0.15, 0.2) is 0 Å². The van der Waals surface area contributed by atoms with Crippen molar-refractivity contribution in [1.82, 2.24) is 0 Å². The summed E-state index contributed by atoms with van der Waals surface area (Å²) in [5, 5.41) is 9.09. The quantitative estimate of drug-likeness (QED) is 0.853. The van der Waals surface area contributed by atoms with Gasteiger partial charge in [0.2, 0.25) is 0 Å². The number of anilines is 4. The molecule has 0 spiro atoms. The SMILES string of the molecule is C=C(C(=O)O)c1ccc2c(c1)N(C)c1ccccc1N2C. The fourth-order valence-electron chi connectivity index (χ4n) is 2.68. The standard InChI is InChI=1S/C17H16N2O2/c1-11(17(20)21)12-8-9-15-16(10-12)19(3)14-7-5-4-6-13(14)18(15)2/h4-10H,1H2,2-3H3,(H,20,21). The van der Waals surface area contributed by atoms with Crippen molar-refractivity contribution in [1.29, 1.82) is 0 Å². The number of hydrogen-bond acceptors (Lipinski definition) is 3. The van der Waals surface area contributed by atoms with Crippen LogP contribution in [-0.2, 0) is 4.79 Å². The van der Waals surface area contributed by atoms with Crippen LogP contribution in [0.3, 0.4) is 0 Å². The Labute approximate surface area is 123 Å². The third kappa shape index (κ3) is 1.96. The van der Waals surface area contributed by atoms with E-state index in [0.717, 1.165) is 22.7 Å². The number of aliphatic carboxylic acids is 1. The predicted octanol–water partition coefficient (Wildman–Crippen LogP) is 3.63. The number of para-hydroxylation sites is 2. The van der Waals surface area contributed by atoms with Crippen LogP contribution in [-0.4, -0.2) is 25.2 Å². The molecule has 0 fully saturated rings. The summed E-state index contributed by atoms with van der Waals surface area (Å²) in [4.78, 5) is 15.3. The summed E-state index contributed by atoms with van der Waals surface area (Å²) in [5.74, 6) is -0.998. The Hall–Kier alpha value is -2.75. The van der Waals surface area contributed by atoms with E-state index in [2.05, 4.69) is 22.4 Å². The molecule has 0 aromatic heterocycles. The molecule has 106 valence electrons. The molecule has 1 N–H and O–H groups in total. The van der Waals surface area contributed by atoms with Gasteiger partial charge in [0.05, 0.1) is 28.3 Å². The number of hydrogen-bond donors (Lipinski definition) is 1. The molecule has 2 aromatic rings. The number of nitrogens with zero attached hydrogens (tertiary/aromatic N) is 2. The number of benzene rings is 2. The lowest BCUT2D eigenvalue weighted by Gasteiger charge is -2.36. The zero-order chi connectivity index (χ0) is 15.1. The highest BCUT2D eigenvalue weighted by Crippen LogP contribution is 2.46. The molecule has 1 heterocycles. The van der Waals surface area contributed by atoms with E-state index in [1.165, 1.54) is 0 Å². The summed E-state index contributed by atoms with van der Waals surface area (Å²) in [6, 6.07) is 13.7. The van der Waals surface area contributed by atoms with Crippen molar-refractivity contribution in [3.8, 4) is 0 Å². The van der Waals surface area contributed by atoms with Crippen molar-refractivity contribution in [2.45, 2.75) is 0 Å². The zero-order valence-electron chi connectivity index (χ0n) is 12.0. The van der Waals surface area contributed by atoms with Crippen LogP contribution in [0, 0.1) is 0 Å². The van der Waals surface area contributed by atoms with Crippen LogP contribution in [0.1, 0.15) is 5.56 Å². The molecule has 3 rings (SSSR count). The Balaban J connectivity index is 2.15. The average Bonchev–Trinajstić information content (AvgIpc) is 2.51. The first kappa shape index (κ1) is 13.2. The molecule has 1 aliphatic rings. The highest BCUT2D eigenvalue weighted by Gasteiger charge is 2.24. The van der Waals surface area contributed by atoms with Gasteiger partial charge in [0.1, 0.15) is 0 Å². The lowest BCUT2D eigenvalue weighted by molar-refractivity contribution is -0.130. The second-order valence-corrected chi connectivity index (χ2v) is 5.09. The summed E-state index contributed by atoms with van der Waals surface area (Å²) >= 11 is 0. The molecule has 4 nitrogen and oxygen atoms in total. The van der Waals surface area contributed by atoms with Crippen LogP contribution in [0.4, 0.5) is 22.7 Å². The van der Waals surface area contributed by atoms with Gasteiger partial charge in [-0.05, 0) is 29.8 Å². The fraction of sp³-hybridized carbons (Fsp3) is 0.118. The Kier molecular flexibility index (Phi) is 2.94. The first-order valence-corrected chi connectivity index (χ1v) is 6.64. The third-order valence-electron chi connectivity index (χ3n) is 3.91. The first-order chi connectivity index (χ1) is 10.0. The molecular formula is C17H16N2O2. The summed E-state index contributed by atoms with van der Waals surface area (Å²) < 4.78 is 0. The molecule has 0 aliphatic carbocycles. The number of carbonyl (C=O) groups is 1. The van der Waals surface area contributed by atoms with E-state index in [4.69, 9.17) is 5.11 Å². The maximum Gasteiger partial charge on any atom is 0.335 e. The molecule has 21 heavy (non-hydrogen) atoms. The minimum absolute atomic E-state index is 0.104. The number of fused-ring (bicyclic) bond motifs is 2. The largest absolute Gasteiger partial charge is 0.478 e. The van der Waals surface area contributed by atoms with Crippen molar-refractivity contribution in [3.05, 3.63) is 54.6 Å². The van der Waals surface area contributed by atoms with Gasteiger partial charge in [-0.25, -0.2) is 4.79 Å². The third-order valence-corrected chi connectivity index (χ3v) is 3.91. The summed E-state index contributed by atoms with van der Waals surface area (Å²) in [7, 11) is 3.99. The monoisotopic (exact) mass is 280 g/mol. The number of rotatable bonds is 2. The van der Waals surface area contributed by atoms with Gasteiger partial charge in [-0.1, -0.05) is 24.8 Å². The van der Waals surface area contributed by atoms with Gasteiger partial charge in [-0.3, -0.25) is 0 Å². The van der Waals surface area contributed by atoms with Crippen LogP contribution in [0.15, 0.2) is 49.0 Å². The number of carboxylic acids is 1. The smallest absolute Gasteiger partial charge is 0.335 e. The highest BCUT2D eigenvalue weighted by atomic mass is 16.4. The van der Waals surface area contributed by atoms with E-state index < -0.39 is 5.97 Å². The molecule has 2 aromatic carbocycles. The lowest BCUT2D eigenvalue weighted by Crippen LogP contribution is -2.24. The molecular weight excluding hydrogens is 264 g/mol. The Bertz CT molecular complexity index is 752. The van der Waals surface area contributed by atoms with Crippen LogP contribution >= 0.6 is 0 Å². The minimum atomic E-state index is -0.998. The van der Waals surface area contributed by atoms with E-state index in [1.54, 1.807) is 6.07 Å². The van der Waals surface area contributed by atoms with E-state index in [0.29, 0.717) is 5.56 Å². The topological polar surface area (TPSA) is 43.8 Å². The van der Waals surface area contributed by atoms with Crippen LogP contribution in [0.2, 0.25) is 0 Å². The van der Waals surface area contributed by atoms with Crippen LogP contribution in [0.5, 0.6) is 0 Å². The molecule has 0 atom stereocenters. The van der Waals surface area contributed by atoms with E-state index in [9.17, 15) is 4.79 Å². The van der Waals surface area contributed by atoms with Crippen molar-refractivity contribution < 1.29 is 9.90 Å². The number of carboxylic acid groups (broad SMARTS) is 1. The summed E-state index contributed by atoms with van der Waals surface area (Å²) in [6.45, 7) is 3.63. The molecule has 1 aliphatic heterocycles. The zero-order valence-corrected chi connectivity index (χ0v) is 12.0.